The molecule has 1 fully saturated rings. The molecule has 2 aromatic rings. The average molecular weight is 305 g/mol. The van der Waals surface area contributed by atoms with Crippen LogP contribution in [0.5, 0.6) is 5.75 Å². The number of methoxy groups -OCH3 is 1. The van der Waals surface area contributed by atoms with Gasteiger partial charge in [-0.3, -0.25) is 0 Å². The number of H-pyrrole nitrogens is 1. The molecule has 0 aliphatic heterocycles. The highest BCUT2D eigenvalue weighted by molar-refractivity contribution is 7.99. The first kappa shape index (κ1) is 14.7. The van der Waals surface area contributed by atoms with Crippen molar-refractivity contribution in [3.63, 3.8) is 0 Å². The average Bonchev–Trinajstić information content (AvgIpc) is 3.14. The van der Waals surface area contributed by atoms with Crippen molar-refractivity contribution in [2.45, 2.75) is 30.8 Å². The molecular weight excluding hydrogens is 282 g/mol. The fraction of sp³-hybridized carbons (Fsp3) is 0.562. The normalized spacial score (nSPS) is 15.9. The van der Waals surface area contributed by atoms with E-state index in [0.29, 0.717) is 0 Å². The van der Waals surface area contributed by atoms with Gasteiger partial charge >= 0.3 is 0 Å². The predicted molar refractivity (Wildman–Crippen MR) is 88.2 cm³/mol. The number of hydrogen-bond acceptors (Lipinski definition) is 4. The molecule has 5 heteroatoms. The van der Waals surface area contributed by atoms with Gasteiger partial charge in [-0.2, -0.15) is 0 Å². The highest BCUT2D eigenvalue weighted by Crippen LogP contribution is 2.24. The maximum absolute atomic E-state index is 5.23. The van der Waals surface area contributed by atoms with Gasteiger partial charge in [0.1, 0.15) is 5.75 Å². The lowest BCUT2D eigenvalue weighted by Gasteiger charge is -2.09. The Kier molecular flexibility index (Phi) is 5.04. The zero-order valence-electron chi connectivity index (χ0n) is 12.5. The molecule has 1 saturated carbocycles. The zero-order valence-corrected chi connectivity index (χ0v) is 13.3. The molecule has 1 aliphatic carbocycles. The Morgan fingerprint density at radius 3 is 3.05 bits per heavy atom. The molecule has 0 spiro atoms. The van der Waals surface area contributed by atoms with Crippen LogP contribution in [0.25, 0.3) is 11.0 Å². The van der Waals surface area contributed by atoms with Gasteiger partial charge in [-0.25, -0.2) is 4.98 Å². The smallest absolute Gasteiger partial charge is 0.166 e. The van der Waals surface area contributed by atoms with Crippen molar-refractivity contribution in [2.75, 3.05) is 26.0 Å². The van der Waals surface area contributed by atoms with Crippen molar-refractivity contribution < 1.29 is 4.74 Å². The highest BCUT2D eigenvalue weighted by Gasteiger charge is 2.13. The SMILES string of the molecule is COc1ccc2nc(SCCNCC3CCCC3)[nH]c2c1. The van der Waals surface area contributed by atoms with E-state index in [-0.39, 0.29) is 0 Å². The Labute approximate surface area is 130 Å². The van der Waals surface area contributed by atoms with Crippen LogP contribution in [0.1, 0.15) is 25.7 Å². The first-order valence-corrected chi connectivity index (χ1v) is 8.71. The van der Waals surface area contributed by atoms with Gasteiger partial charge < -0.3 is 15.0 Å². The maximum Gasteiger partial charge on any atom is 0.166 e. The van der Waals surface area contributed by atoms with Gasteiger partial charge in [-0.05, 0) is 37.4 Å². The second-order valence-electron chi connectivity index (χ2n) is 5.63. The minimum atomic E-state index is 0.862. The molecule has 0 saturated heterocycles. The van der Waals surface area contributed by atoms with Gasteiger partial charge in [0.2, 0.25) is 0 Å². The Hall–Kier alpha value is -1.20. The van der Waals surface area contributed by atoms with Crippen LogP contribution in [-0.4, -0.2) is 35.9 Å². The second-order valence-corrected chi connectivity index (χ2v) is 6.71. The second kappa shape index (κ2) is 7.18. The summed E-state index contributed by atoms with van der Waals surface area (Å²) in [7, 11) is 1.68. The number of nitrogens with one attached hydrogen (secondary N) is 2. The number of fused-ring (bicyclic) bond motifs is 1. The van der Waals surface area contributed by atoms with E-state index in [1.165, 1.54) is 32.2 Å². The first-order chi connectivity index (χ1) is 10.3. The summed E-state index contributed by atoms with van der Waals surface area (Å²) < 4.78 is 5.23. The van der Waals surface area contributed by atoms with E-state index >= 15 is 0 Å². The number of thioether (sulfide) groups is 1. The number of aromatic amines is 1. The minimum Gasteiger partial charge on any atom is -0.497 e. The van der Waals surface area contributed by atoms with Gasteiger partial charge in [0.25, 0.3) is 0 Å². The molecule has 114 valence electrons. The zero-order chi connectivity index (χ0) is 14.5. The summed E-state index contributed by atoms with van der Waals surface area (Å²) in [5, 5.41) is 4.55. The maximum atomic E-state index is 5.23. The largest absolute Gasteiger partial charge is 0.497 e. The van der Waals surface area contributed by atoms with E-state index in [2.05, 4.69) is 15.3 Å². The molecule has 0 amide bonds. The van der Waals surface area contributed by atoms with Crippen LogP contribution in [0.15, 0.2) is 23.4 Å². The van der Waals surface area contributed by atoms with Crippen molar-refractivity contribution >= 4 is 22.8 Å². The summed E-state index contributed by atoms with van der Waals surface area (Å²) in [5.74, 6) is 2.82. The monoisotopic (exact) mass is 305 g/mol. The number of nitrogens with zero attached hydrogens (tertiary/aromatic N) is 1. The van der Waals surface area contributed by atoms with Crippen LogP contribution in [0.3, 0.4) is 0 Å². The van der Waals surface area contributed by atoms with Crippen LogP contribution < -0.4 is 10.1 Å². The molecule has 2 N–H and O–H groups in total. The summed E-state index contributed by atoms with van der Waals surface area (Å²) in [5.41, 5.74) is 2.04. The van der Waals surface area contributed by atoms with Crippen molar-refractivity contribution in [3.05, 3.63) is 18.2 Å². The fourth-order valence-electron chi connectivity index (χ4n) is 2.90. The molecule has 1 aliphatic rings. The number of rotatable bonds is 7. The molecule has 0 unspecified atom stereocenters. The van der Waals surface area contributed by atoms with E-state index in [1.807, 2.05) is 18.2 Å². The lowest BCUT2D eigenvalue weighted by molar-refractivity contribution is 0.415. The first-order valence-electron chi connectivity index (χ1n) is 7.72. The Morgan fingerprint density at radius 2 is 2.24 bits per heavy atom. The van der Waals surface area contributed by atoms with Crippen LogP contribution >= 0.6 is 11.8 Å². The topological polar surface area (TPSA) is 49.9 Å². The molecule has 4 nitrogen and oxygen atoms in total. The summed E-state index contributed by atoms with van der Waals surface area (Å²) in [6.45, 7) is 2.22. The predicted octanol–water partition coefficient (Wildman–Crippen LogP) is 3.44. The molecule has 0 bridgehead atoms. The van der Waals surface area contributed by atoms with Crippen molar-refractivity contribution in [1.29, 1.82) is 0 Å². The van der Waals surface area contributed by atoms with Crippen LogP contribution in [0, 0.1) is 5.92 Å². The Morgan fingerprint density at radius 1 is 1.38 bits per heavy atom. The Balaban J connectivity index is 1.44. The number of hydrogen-bond donors (Lipinski definition) is 2. The summed E-state index contributed by atoms with van der Waals surface area (Å²) in [6, 6.07) is 5.93. The lowest BCUT2D eigenvalue weighted by atomic mass is 10.1. The van der Waals surface area contributed by atoms with Crippen LogP contribution in [-0.2, 0) is 0 Å². The molecule has 1 heterocycles. The number of imidazole rings is 1. The summed E-state index contributed by atoms with van der Waals surface area (Å²) in [4.78, 5) is 7.93. The van der Waals surface area contributed by atoms with Crippen molar-refractivity contribution in [2.24, 2.45) is 5.92 Å². The van der Waals surface area contributed by atoms with Crippen LogP contribution in [0.2, 0.25) is 0 Å². The summed E-state index contributed by atoms with van der Waals surface area (Å²) >= 11 is 1.77. The van der Waals surface area contributed by atoms with Gasteiger partial charge in [0, 0.05) is 18.4 Å². The molecular formula is C16H23N3OS. The summed E-state index contributed by atoms with van der Waals surface area (Å²) in [6.07, 6.45) is 5.66. The minimum absolute atomic E-state index is 0.862. The molecule has 1 aromatic heterocycles. The van der Waals surface area contributed by atoms with Gasteiger partial charge in [-0.15, -0.1) is 0 Å². The number of aromatic nitrogens is 2. The molecule has 1 aromatic carbocycles. The van der Waals surface area contributed by atoms with E-state index in [0.717, 1.165) is 40.2 Å². The third-order valence-electron chi connectivity index (χ3n) is 4.09. The van der Waals surface area contributed by atoms with Gasteiger partial charge in [0.15, 0.2) is 5.16 Å². The van der Waals surface area contributed by atoms with E-state index in [4.69, 9.17) is 4.74 Å². The van der Waals surface area contributed by atoms with Gasteiger partial charge in [0.05, 0.1) is 18.1 Å². The number of benzene rings is 1. The van der Waals surface area contributed by atoms with E-state index < -0.39 is 0 Å². The third-order valence-corrected chi connectivity index (χ3v) is 4.97. The molecule has 21 heavy (non-hydrogen) atoms. The van der Waals surface area contributed by atoms with Crippen molar-refractivity contribution in [3.8, 4) is 5.75 Å². The fourth-order valence-corrected chi connectivity index (χ4v) is 3.69. The quantitative estimate of drug-likeness (QED) is 0.608. The van der Waals surface area contributed by atoms with Gasteiger partial charge in [-0.1, -0.05) is 24.6 Å². The molecule has 0 atom stereocenters. The highest BCUT2D eigenvalue weighted by atomic mass is 32.2. The molecule has 0 radical (unpaired) electrons. The van der Waals surface area contributed by atoms with E-state index in [9.17, 15) is 0 Å². The van der Waals surface area contributed by atoms with Crippen molar-refractivity contribution in [1.82, 2.24) is 15.3 Å². The van der Waals surface area contributed by atoms with Crippen LogP contribution in [0.4, 0.5) is 0 Å². The molecule has 3 rings (SSSR count). The standard InChI is InChI=1S/C16H23N3OS/c1-20-13-6-7-14-15(10-13)19-16(18-14)21-9-8-17-11-12-4-2-3-5-12/h6-7,10,12,17H,2-5,8-9,11H2,1H3,(H,18,19). The number of ether oxygens (including phenoxy) is 1. The van der Waals surface area contributed by atoms with E-state index in [1.54, 1.807) is 18.9 Å². The third kappa shape index (κ3) is 3.92. The Bertz CT molecular complexity index is 578. The lowest BCUT2D eigenvalue weighted by Crippen LogP contribution is -2.23.